The predicted octanol–water partition coefficient (Wildman–Crippen LogP) is 3.59. The van der Waals surface area contributed by atoms with E-state index in [0.717, 1.165) is 6.42 Å². The zero-order valence-electron chi connectivity index (χ0n) is 12.8. The maximum absolute atomic E-state index is 12.6. The first-order valence-corrected chi connectivity index (χ1v) is 8.35. The fraction of sp³-hybridized carbons (Fsp3) is 0.294. The van der Waals surface area contributed by atoms with Crippen molar-refractivity contribution in [1.82, 2.24) is 4.90 Å². The summed E-state index contributed by atoms with van der Waals surface area (Å²) in [6.07, 6.45) is 1.45. The van der Waals surface area contributed by atoms with Crippen molar-refractivity contribution in [1.29, 1.82) is 0 Å². The maximum atomic E-state index is 12.6. The van der Waals surface area contributed by atoms with Crippen LogP contribution in [0.3, 0.4) is 0 Å². The largest absolute Gasteiger partial charge is 0.451 e. The Labute approximate surface area is 149 Å². The second-order valence-electron chi connectivity index (χ2n) is 5.76. The van der Waals surface area contributed by atoms with E-state index >= 15 is 0 Å². The van der Waals surface area contributed by atoms with Crippen molar-refractivity contribution in [2.24, 2.45) is 11.7 Å². The van der Waals surface area contributed by atoms with Crippen molar-refractivity contribution in [2.45, 2.75) is 12.8 Å². The van der Waals surface area contributed by atoms with E-state index in [1.165, 1.54) is 0 Å². The van der Waals surface area contributed by atoms with Crippen LogP contribution in [0.1, 0.15) is 23.4 Å². The van der Waals surface area contributed by atoms with Crippen molar-refractivity contribution < 1.29 is 14.0 Å². The number of primary amides is 1. The van der Waals surface area contributed by atoms with Gasteiger partial charge in [0.05, 0.1) is 16.0 Å². The molecule has 24 heavy (non-hydrogen) atoms. The number of furan rings is 1. The van der Waals surface area contributed by atoms with Gasteiger partial charge in [0.1, 0.15) is 5.76 Å². The minimum atomic E-state index is -0.377. The highest BCUT2D eigenvalue weighted by Crippen LogP contribution is 2.34. The summed E-state index contributed by atoms with van der Waals surface area (Å²) in [6, 6.07) is 8.49. The van der Waals surface area contributed by atoms with Gasteiger partial charge in [-0.3, -0.25) is 9.59 Å². The van der Waals surface area contributed by atoms with Crippen molar-refractivity contribution in [3.05, 3.63) is 46.1 Å². The Morgan fingerprint density at radius 2 is 2.00 bits per heavy atom. The average molecular weight is 367 g/mol. The van der Waals surface area contributed by atoms with Crippen molar-refractivity contribution in [2.75, 3.05) is 13.1 Å². The molecule has 0 unspecified atom stereocenters. The molecule has 7 heteroatoms. The first-order chi connectivity index (χ1) is 11.5. The van der Waals surface area contributed by atoms with Crippen LogP contribution in [0.5, 0.6) is 0 Å². The summed E-state index contributed by atoms with van der Waals surface area (Å²) >= 11 is 12.2. The van der Waals surface area contributed by atoms with Gasteiger partial charge in [0.15, 0.2) is 5.76 Å². The van der Waals surface area contributed by atoms with Crippen LogP contribution in [0.25, 0.3) is 11.3 Å². The molecule has 1 aromatic carbocycles. The Balaban J connectivity index is 1.81. The van der Waals surface area contributed by atoms with Gasteiger partial charge in [-0.1, -0.05) is 29.3 Å². The lowest BCUT2D eigenvalue weighted by Gasteiger charge is -2.30. The third-order valence-electron chi connectivity index (χ3n) is 4.14. The zero-order valence-corrected chi connectivity index (χ0v) is 14.3. The molecule has 2 N–H and O–H groups in total. The van der Waals surface area contributed by atoms with E-state index < -0.39 is 0 Å². The highest BCUT2D eigenvalue weighted by Gasteiger charge is 2.29. The minimum Gasteiger partial charge on any atom is -0.451 e. The number of likely N-dealkylation sites (tertiary alicyclic amines) is 1. The van der Waals surface area contributed by atoms with Gasteiger partial charge in [0, 0.05) is 18.7 Å². The van der Waals surface area contributed by atoms with Gasteiger partial charge in [-0.15, -0.1) is 0 Å². The van der Waals surface area contributed by atoms with Crippen LogP contribution < -0.4 is 5.73 Å². The van der Waals surface area contributed by atoms with Crippen LogP contribution in [0.15, 0.2) is 34.7 Å². The summed E-state index contributed by atoms with van der Waals surface area (Å²) in [6.45, 7) is 0.901. The Hall–Kier alpha value is -1.98. The smallest absolute Gasteiger partial charge is 0.289 e. The maximum Gasteiger partial charge on any atom is 0.289 e. The normalized spacial score (nSPS) is 17.8. The van der Waals surface area contributed by atoms with Crippen LogP contribution in [0.2, 0.25) is 10.0 Å². The highest BCUT2D eigenvalue weighted by molar-refractivity contribution is 6.43. The zero-order chi connectivity index (χ0) is 17.3. The summed E-state index contributed by atoms with van der Waals surface area (Å²) < 4.78 is 5.67. The molecule has 0 aliphatic carbocycles. The van der Waals surface area contributed by atoms with Crippen molar-refractivity contribution in [3.8, 4) is 11.3 Å². The van der Waals surface area contributed by atoms with Crippen molar-refractivity contribution in [3.63, 3.8) is 0 Å². The molecule has 1 aliphatic heterocycles. The van der Waals surface area contributed by atoms with Gasteiger partial charge in [0.2, 0.25) is 5.91 Å². The number of nitrogens with zero attached hydrogens (tertiary/aromatic N) is 1. The SMILES string of the molecule is NC(=O)[C@@H]1CCCN(C(=O)c2ccc(-c3cccc(Cl)c3Cl)o2)C1. The fourth-order valence-corrected chi connectivity index (χ4v) is 3.24. The summed E-state index contributed by atoms with van der Waals surface area (Å²) in [5.74, 6) is -0.274. The van der Waals surface area contributed by atoms with E-state index in [1.807, 2.05) is 0 Å². The van der Waals surface area contributed by atoms with E-state index in [0.29, 0.717) is 40.9 Å². The molecule has 0 bridgehead atoms. The number of carbonyl (C=O) groups is 2. The molecule has 1 aromatic heterocycles. The standard InChI is InChI=1S/C17H16Cl2N2O3/c18-12-5-1-4-11(15(12)19)13-6-7-14(24-13)17(23)21-8-2-3-10(9-21)16(20)22/h1,4-7,10H,2-3,8-9H2,(H2,20,22)/t10-/m1/s1. The third kappa shape index (κ3) is 3.28. The van der Waals surface area contributed by atoms with Crippen LogP contribution in [-0.4, -0.2) is 29.8 Å². The number of hydrogen-bond donors (Lipinski definition) is 1. The van der Waals surface area contributed by atoms with Crippen LogP contribution in [-0.2, 0) is 4.79 Å². The second-order valence-corrected chi connectivity index (χ2v) is 6.54. The van der Waals surface area contributed by atoms with Gasteiger partial charge in [-0.25, -0.2) is 0 Å². The molecule has 0 radical (unpaired) electrons. The van der Waals surface area contributed by atoms with E-state index in [4.69, 9.17) is 33.4 Å². The number of piperidine rings is 1. The molecule has 2 amide bonds. The Morgan fingerprint density at radius 1 is 1.21 bits per heavy atom. The van der Waals surface area contributed by atoms with E-state index in [9.17, 15) is 9.59 Å². The van der Waals surface area contributed by atoms with E-state index in [1.54, 1.807) is 35.2 Å². The van der Waals surface area contributed by atoms with E-state index in [2.05, 4.69) is 0 Å². The second kappa shape index (κ2) is 6.87. The van der Waals surface area contributed by atoms with Gasteiger partial charge in [-0.05, 0) is 37.1 Å². The summed E-state index contributed by atoms with van der Waals surface area (Å²) in [7, 11) is 0. The number of nitrogens with two attached hydrogens (primary N) is 1. The number of benzene rings is 1. The fourth-order valence-electron chi connectivity index (χ4n) is 2.84. The van der Waals surface area contributed by atoms with Crippen LogP contribution >= 0.6 is 23.2 Å². The van der Waals surface area contributed by atoms with E-state index in [-0.39, 0.29) is 23.5 Å². The molecule has 2 aromatic rings. The Bertz CT molecular complexity index is 788. The molecule has 1 atom stereocenters. The number of amides is 2. The number of hydrogen-bond acceptors (Lipinski definition) is 3. The molecule has 5 nitrogen and oxygen atoms in total. The lowest BCUT2D eigenvalue weighted by molar-refractivity contribution is -0.123. The molecule has 2 heterocycles. The Morgan fingerprint density at radius 3 is 2.75 bits per heavy atom. The van der Waals surface area contributed by atoms with Gasteiger partial charge in [0.25, 0.3) is 5.91 Å². The molecular formula is C17H16Cl2N2O3. The summed E-state index contributed by atoms with van der Waals surface area (Å²) in [5.41, 5.74) is 5.97. The third-order valence-corrected chi connectivity index (χ3v) is 4.96. The lowest BCUT2D eigenvalue weighted by atomic mass is 9.97. The summed E-state index contributed by atoms with van der Waals surface area (Å²) in [5, 5.41) is 0.790. The first-order valence-electron chi connectivity index (χ1n) is 7.60. The molecule has 1 aliphatic rings. The number of halogens is 2. The first kappa shape index (κ1) is 16.9. The lowest BCUT2D eigenvalue weighted by Crippen LogP contribution is -2.44. The predicted molar refractivity (Wildman–Crippen MR) is 92.0 cm³/mol. The van der Waals surface area contributed by atoms with Gasteiger partial charge >= 0.3 is 0 Å². The summed E-state index contributed by atoms with van der Waals surface area (Å²) in [4.78, 5) is 25.5. The molecular weight excluding hydrogens is 351 g/mol. The average Bonchev–Trinajstić information content (AvgIpc) is 3.06. The molecule has 3 rings (SSSR count). The monoisotopic (exact) mass is 366 g/mol. The quantitative estimate of drug-likeness (QED) is 0.901. The molecule has 126 valence electrons. The number of rotatable bonds is 3. The Kier molecular flexibility index (Phi) is 4.83. The number of carbonyl (C=O) groups excluding carboxylic acids is 2. The topological polar surface area (TPSA) is 76.5 Å². The van der Waals surface area contributed by atoms with Crippen LogP contribution in [0.4, 0.5) is 0 Å². The minimum absolute atomic E-state index is 0.200. The molecule has 0 saturated carbocycles. The molecule has 1 fully saturated rings. The van der Waals surface area contributed by atoms with Gasteiger partial charge < -0.3 is 15.1 Å². The highest BCUT2D eigenvalue weighted by atomic mass is 35.5. The van der Waals surface area contributed by atoms with Crippen LogP contribution in [0, 0.1) is 5.92 Å². The molecule has 0 spiro atoms. The molecule has 1 saturated heterocycles. The van der Waals surface area contributed by atoms with Crippen molar-refractivity contribution >= 4 is 35.0 Å². The van der Waals surface area contributed by atoms with Gasteiger partial charge in [-0.2, -0.15) is 0 Å².